The quantitative estimate of drug-likeness (QED) is 0.563. The molecule has 0 aromatic heterocycles. The van der Waals surface area contributed by atoms with Gasteiger partial charge in [0.1, 0.15) is 0 Å². The van der Waals surface area contributed by atoms with Crippen molar-refractivity contribution in [1.29, 1.82) is 0 Å². The molecule has 1 rings (SSSR count). The van der Waals surface area contributed by atoms with Crippen LogP contribution in [-0.4, -0.2) is 39.4 Å². The molecule has 0 saturated carbocycles. The lowest BCUT2D eigenvalue weighted by atomic mass is 10.1. The summed E-state index contributed by atoms with van der Waals surface area (Å²) in [6.07, 6.45) is 0.732. The maximum absolute atomic E-state index is 11.8. The Morgan fingerprint density at radius 2 is 2.16 bits per heavy atom. The lowest BCUT2D eigenvalue weighted by Crippen LogP contribution is -2.26. The van der Waals surface area contributed by atoms with Gasteiger partial charge in [-0.15, -0.1) is 0 Å². The molecule has 6 heteroatoms. The van der Waals surface area contributed by atoms with Crippen LogP contribution in [0.1, 0.15) is 16.8 Å². The van der Waals surface area contributed by atoms with Crippen LogP contribution in [-0.2, 0) is 9.47 Å². The summed E-state index contributed by atoms with van der Waals surface area (Å²) in [6, 6.07) is 4.99. The van der Waals surface area contributed by atoms with Gasteiger partial charge < -0.3 is 20.5 Å². The molecule has 0 bridgehead atoms. The summed E-state index contributed by atoms with van der Waals surface area (Å²) < 4.78 is 10.1. The third-order valence-corrected chi connectivity index (χ3v) is 2.81. The fourth-order valence-electron chi connectivity index (χ4n) is 1.45. The minimum absolute atomic E-state index is 0.225. The SMILES string of the molecule is COCCOCCCNC(=O)c1cccc(Cl)c1N. The first-order valence-corrected chi connectivity index (χ1v) is 6.43. The number of carbonyl (C=O) groups excluding carboxylic acids is 1. The monoisotopic (exact) mass is 286 g/mol. The van der Waals surface area contributed by atoms with E-state index in [4.69, 9.17) is 26.8 Å². The maximum Gasteiger partial charge on any atom is 0.253 e. The first kappa shape index (κ1) is 15.8. The average Bonchev–Trinajstić information content (AvgIpc) is 2.40. The summed E-state index contributed by atoms with van der Waals surface area (Å²) in [5.41, 5.74) is 6.44. The van der Waals surface area contributed by atoms with E-state index in [1.807, 2.05) is 0 Å². The van der Waals surface area contributed by atoms with Gasteiger partial charge in [-0.25, -0.2) is 0 Å². The summed E-state index contributed by atoms with van der Waals surface area (Å²) >= 11 is 5.85. The molecule has 0 atom stereocenters. The van der Waals surface area contributed by atoms with Gasteiger partial charge in [0.2, 0.25) is 0 Å². The maximum atomic E-state index is 11.8. The first-order valence-electron chi connectivity index (χ1n) is 6.05. The molecule has 0 fully saturated rings. The van der Waals surface area contributed by atoms with E-state index in [1.165, 1.54) is 0 Å². The third kappa shape index (κ3) is 5.46. The summed E-state index contributed by atoms with van der Waals surface area (Å²) in [5, 5.41) is 3.15. The molecule has 0 aliphatic carbocycles. The third-order valence-electron chi connectivity index (χ3n) is 2.48. The number of carbonyl (C=O) groups is 1. The molecule has 0 aliphatic heterocycles. The van der Waals surface area contributed by atoms with E-state index >= 15 is 0 Å². The highest BCUT2D eigenvalue weighted by Crippen LogP contribution is 2.21. The van der Waals surface area contributed by atoms with Gasteiger partial charge in [-0.1, -0.05) is 17.7 Å². The van der Waals surface area contributed by atoms with Gasteiger partial charge in [-0.05, 0) is 18.6 Å². The number of nitrogens with two attached hydrogens (primary N) is 1. The lowest BCUT2D eigenvalue weighted by Gasteiger charge is -2.08. The summed E-state index contributed by atoms with van der Waals surface area (Å²) in [7, 11) is 1.62. The number of ether oxygens (including phenoxy) is 2. The topological polar surface area (TPSA) is 73.6 Å². The van der Waals surface area contributed by atoms with Crippen LogP contribution in [0.15, 0.2) is 18.2 Å². The number of amides is 1. The Kier molecular flexibility index (Phi) is 7.25. The van der Waals surface area contributed by atoms with Crippen LogP contribution in [0.4, 0.5) is 5.69 Å². The fraction of sp³-hybridized carbons (Fsp3) is 0.462. The zero-order chi connectivity index (χ0) is 14.1. The summed E-state index contributed by atoms with van der Waals surface area (Å²) in [5.74, 6) is -0.225. The Balaban J connectivity index is 2.26. The normalized spacial score (nSPS) is 10.4. The second-order valence-corrected chi connectivity index (χ2v) is 4.32. The van der Waals surface area contributed by atoms with Crippen LogP contribution in [0, 0.1) is 0 Å². The number of anilines is 1. The molecule has 1 amide bonds. The van der Waals surface area contributed by atoms with E-state index < -0.39 is 0 Å². The average molecular weight is 287 g/mol. The highest BCUT2D eigenvalue weighted by atomic mass is 35.5. The van der Waals surface area contributed by atoms with Gasteiger partial charge in [0, 0.05) is 20.3 Å². The molecule has 0 heterocycles. The van der Waals surface area contributed by atoms with Crippen molar-refractivity contribution < 1.29 is 14.3 Å². The van der Waals surface area contributed by atoms with Crippen molar-refractivity contribution in [1.82, 2.24) is 5.32 Å². The van der Waals surface area contributed by atoms with Gasteiger partial charge in [0.05, 0.1) is 29.5 Å². The Bertz CT molecular complexity index is 413. The number of nitrogens with one attached hydrogen (secondary N) is 1. The Labute approximate surface area is 118 Å². The molecular weight excluding hydrogens is 268 g/mol. The predicted octanol–water partition coefficient (Wildman–Crippen LogP) is 1.71. The zero-order valence-corrected chi connectivity index (χ0v) is 11.7. The highest BCUT2D eigenvalue weighted by molar-refractivity contribution is 6.33. The molecule has 0 spiro atoms. The van der Waals surface area contributed by atoms with E-state index in [0.29, 0.717) is 42.6 Å². The Hall–Kier alpha value is -1.30. The highest BCUT2D eigenvalue weighted by Gasteiger charge is 2.10. The van der Waals surface area contributed by atoms with Crippen LogP contribution in [0.25, 0.3) is 0 Å². The first-order chi connectivity index (χ1) is 9.16. The van der Waals surface area contributed by atoms with Gasteiger partial charge >= 0.3 is 0 Å². The van der Waals surface area contributed by atoms with Crippen molar-refractivity contribution in [3.8, 4) is 0 Å². The number of para-hydroxylation sites is 1. The number of hydrogen-bond acceptors (Lipinski definition) is 4. The van der Waals surface area contributed by atoms with Crippen molar-refractivity contribution in [2.75, 3.05) is 39.2 Å². The molecule has 5 nitrogen and oxygen atoms in total. The van der Waals surface area contributed by atoms with Crippen molar-refractivity contribution in [2.24, 2.45) is 0 Å². The molecule has 0 unspecified atom stereocenters. The molecule has 0 saturated heterocycles. The molecule has 106 valence electrons. The second kappa shape index (κ2) is 8.74. The minimum Gasteiger partial charge on any atom is -0.397 e. The van der Waals surface area contributed by atoms with Crippen LogP contribution in [0.3, 0.4) is 0 Å². The van der Waals surface area contributed by atoms with Gasteiger partial charge in [0.15, 0.2) is 0 Å². The lowest BCUT2D eigenvalue weighted by molar-refractivity contribution is 0.0688. The number of halogens is 1. The van der Waals surface area contributed by atoms with E-state index in [1.54, 1.807) is 25.3 Å². The van der Waals surface area contributed by atoms with Crippen LogP contribution in [0.2, 0.25) is 5.02 Å². The zero-order valence-electron chi connectivity index (χ0n) is 10.9. The fourth-order valence-corrected chi connectivity index (χ4v) is 1.63. The van der Waals surface area contributed by atoms with Gasteiger partial charge in [-0.2, -0.15) is 0 Å². The number of nitrogen functional groups attached to an aromatic ring is 1. The largest absolute Gasteiger partial charge is 0.397 e. The van der Waals surface area contributed by atoms with E-state index in [2.05, 4.69) is 5.32 Å². The summed E-state index contributed by atoms with van der Waals surface area (Å²) in [4.78, 5) is 11.8. The Morgan fingerprint density at radius 3 is 2.89 bits per heavy atom. The number of hydrogen-bond donors (Lipinski definition) is 2. The smallest absolute Gasteiger partial charge is 0.253 e. The molecule has 1 aromatic carbocycles. The minimum atomic E-state index is -0.225. The van der Waals surface area contributed by atoms with Crippen LogP contribution >= 0.6 is 11.6 Å². The predicted molar refractivity (Wildman–Crippen MR) is 75.5 cm³/mol. The van der Waals surface area contributed by atoms with Crippen molar-refractivity contribution in [3.63, 3.8) is 0 Å². The van der Waals surface area contributed by atoms with Crippen LogP contribution in [0.5, 0.6) is 0 Å². The Morgan fingerprint density at radius 1 is 1.37 bits per heavy atom. The van der Waals surface area contributed by atoms with Crippen LogP contribution < -0.4 is 11.1 Å². The van der Waals surface area contributed by atoms with Gasteiger partial charge in [-0.3, -0.25) is 4.79 Å². The van der Waals surface area contributed by atoms with Crippen molar-refractivity contribution in [3.05, 3.63) is 28.8 Å². The molecule has 0 radical (unpaired) electrons. The van der Waals surface area contributed by atoms with Crippen molar-refractivity contribution >= 4 is 23.2 Å². The molecule has 0 aliphatic rings. The van der Waals surface area contributed by atoms with E-state index in [0.717, 1.165) is 6.42 Å². The van der Waals surface area contributed by atoms with E-state index in [9.17, 15) is 4.79 Å². The standard InChI is InChI=1S/C13H19ClN2O3/c1-18-8-9-19-7-3-6-16-13(17)10-4-2-5-11(14)12(10)15/h2,4-5H,3,6-9,15H2,1H3,(H,16,17). The molecule has 1 aromatic rings. The van der Waals surface area contributed by atoms with E-state index in [-0.39, 0.29) is 5.91 Å². The number of benzene rings is 1. The number of methoxy groups -OCH3 is 1. The number of rotatable bonds is 8. The van der Waals surface area contributed by atoms with Gasteiger partial charge in [0.25, 0.3) is 5.91 Å². The molecule has 19 heavy (non-hydrogen) atoms. The second-order valence-electron chi connectivity index (χ2n) is 3.92. The molecule has 3 N–H and O–H groups in total. The van der Waals surface area contributed by atoms with Crippen molar-refractivity contribution in [2.45, 2.75) is 6.42 Å². The summed E-state index contributed by atoms with van der Waals surface area (Å²) in [6.45, 7) is 2.24. The molecular formula is C13H19ClN2O3.